The molecule has 0 aromatic carbocycles. The van der Waals surface area contributed by atoms with Crippen LogP contribution in [0.25, 0.3) is 0 Å². The van der Waals surface area contributed by atoms with Gasteiger partial charge in [-0.15, -0.1) is 0 Å². The zero-order valence-corrected chi connectivity index (χ0v) is 16.2. The molecule has 6 heteroatoms. The molecule has 0 aromatic rings. The Labute approximate surface area is 149 Å². The molecular weight excluding hydrogens is 302 g/mol. The van der Waals surface area contributed by atoms with E-state index in [1.807, 2.05) is 0 Å². The number of amides is 2. The highest BCUT2D eigenvalue weighted by Gasteiger charge is 2.29. The van der Waals surface area contributed by atoms with E-state index in [9.17, 15) is 4.79 Å². The van der Waals surface area contributed by atoms with Crippen LogP contribution in [-0.4, -0.2) is 51.8 Å². The van der Waals surface area contributed by atoms with Crippen molar-refractivity contribution >= 4 is 6.03 Å². The highest BCUT2D eigenvalue weighted by Crippen LogP contribution is 2.14. The summed E-state index contributed by atoms with van der Waals surface area (Å²) in [7, 11) is 0. The molecule has 0 bridgehead atoms. The summed E-state index contributed by atoms with van der Waals surface area (Å²) < 4.78 is 0. The topological polar surface area (TPSA) is 91.2 Å². The first-order chi connectivity index (χ1) is 11.6. The van der Waals surface area contributed by atoms with E-state index in [1.165, 1.54) is 38.5 Å². The normalized spacial score (nSPS) is 11.6. The van der Waals surface area contributed by atoms with Crippen LogP contribution in [-0.2, 0) is 0 Å². The monoisotopic (exact) mass is 343 g/mol. The number of carbonyl (C=O) groups is 1. The number of hydrogen-bond acceptors (Lipinski definition) is 4. The molecule has 0 aliphatic carbocycles. The van der Waals surface area contributed by atoms with Gasteiger partial charge in [-0.1, -0.05) is 40.0 Å². The van der Waals surface area contributed by atoms with E-state index >= 15 is 0 Å². The van der Waals surface area contributed by atoms with Crippen molar-refractivity contribution in [2.75, 3.05) is 45.8 Å². The quantitative estimate of drug-likeness (QED) is 0.261. The molecule has 6 nitrogen and oxygen atoms in total. The molecule has 0 fully saturated rings. The fourth-order valence-electron chi connectivity index (χ4n) is 2.62. The van der Waals surface area contributed by atoms with E-state index in [2.05, 4.69) is 42.0 Å². The lowest BCUT2D eigenvalue weighted by atomic mass is 9.86. The zero-order chi connectivity index (χ0) is 18.1. The molecule has 0 heterocycles. The lowest BCUT2D eigenvalue weighted by Crippen LogP contribution is -2.55. The first-order valence-electron chi connectivity index (χ1n) is 9.75. The van der Waals surface area contributed by atoms with Crippen LogP contribution in [0.2, 0.25) is 0 Å². The van der Waals surface area contributed by atoms with Gasteiger partial charge < -0.3 is 27.0 Å². The van der Waals surface area contributed by atoms with Crippen LogP contribution in [0, 0.1) is 5.41 Å². The summed E-state index contributed by atoms with van der Waals surface area (Å²) in [4.78, 5) is 11.2. The van der Waals surface area contributed by atoms with Gasteiger partial charge in [-0.3, -0.25) is 0 Å². The Morgan fingerprint density at radius 3 is 1.42 bits per heavy atom. The summed E-state index contributed by atoms with van der Waals surface area (Å²) in [5.41, 5.74) is 5.25. The molecule has 144 valence electrons. The smallest absolute Gasteiger partial charge is 0.312 e. The van der Waals surface area contributed by atoms with Crippen molar-refractivity contribution < 1.29 is 4.79 Å². The van der Waals surface area contributed by atoms with Crippen molar-refractivity contribution in [2.45, 2.75) is 59.3 Å². The third-order valence-corrected chi connectivity index (χ3v) is 4.26. The van der Waals surface area contributed by atoms with Gasteiger partial charge in [0.05, 0.1) is 0 Å². The van der Waals surface area contributed by atoms with Gasteiger partial charge in [-0.05, 0) is 38.9 Å². The predicted molar refractivity (Wildman–Crippen MR) is 103 cm³/mol. The minimum absolute atomic E-state index is 0.0652. The second kappa shape index (κ2) is 15.7. The number of primary amides is 1. The van der Waals surface area contributed by atoms with E-state index in [4.69, 9.17) is 5.73 Å². The average molecular weight is 344 g/mol. The lowest BCUT2D eigenvalue weighted by Gasteiger charge is -2.35. The number of hydrogen-bond donors (Lipinski definition) is 5. The summed E-state index contributed by atoms with van der Waals surface area (Å²) >= 11 is 0. The second-order valence-electron chi connectivity index (χ2n) is 6.81. The predicted octanol–water partition coefficient (Wildman–Crippen LogP) is 1.81. The molecule has 0 unspecified atom stereocenters. The van der Waals surface area contributed by atoms with Crippen LogP contribution in [0.4, 0.5) is 4.79 Å². The Morgan fingerprint density at radius 1 is 0.750 bits per heavy atom. The molecule has 24 heavy (non-hydrogen) atoms. The van der Waals surface area contributed by atoms with Crippen LogP contribution in [0.15, 0.2) is 0 Å². The minimum atomic E-state index is -0.449. The van der Waals surface area contributed by atoms with Crippen molar-refractivity contribution in [3.63, 3.8) is 0 Å². The molecule has 0 saturated carbocycles. The van der Waals surface area contributed by atoms with Gasteiger partial charge in [0.15, 0.2) is 0 Å². The number of nitrogens with one attached hydrogen (secondary N) is 4. The maximum atomic E-state index is 11.2. The highest BCUT2D eigenvalue weighted by molar-refractivity contribution is 5.71. The van der Waals surface area contributed by atoms with Crippen LogP contribution >= 0.6 is 0 Å². The third-order valence-electron chi connectivity index (χ3n) is 4.26. The summed E-state index contributed by atoms with van der Waals surface area (Å²) in [6.07, 6.45) is 7.07. The Balaban J connectivity index is 4.67. The molecule has 0 rings (SSSR count). The Kier molecular flexibility index (Phi) is 15.1. The van der Waals surface area contributed by atoms with Crippen LogP contribution in [0.3, 0.4) is 0 Å². The summed E-state index contributed by atoms with van der Waals surface area (Å²) in [5.74, 6) is 0. The van der Waals surface area contributed by atoms with E-state index in [1.54, 1.807) is 0 Å². The van der Waals surface area contributed by atoms with Crippen molar-refractivity contribution in [2.24, 2.45) is 11.1 Å². The number of nitrogens with two attached hydrogens (primary N) is 1. The molecule has 0 spiro atoms. The minimum Gasteiger partial charge on any atom is -0.352 e. The van der Waals surface area contributed by atoms with Gasteiger partial charge in [0.1, 0.15) is 0 Å². The average Bonchev–Trinajstić information content (AvgIpc) is 2.57. The van der Waals surface area contributed by atoms with Crippen molar-refractivity contribution in [3.05, 3.63) is 0 Å². The number of carbonyl (C=O) groups excluding carboxylic acids is 1. The number of unbranched alkanes of at least 4 members (excludes halogenated alkanes) is 3. The van der Waals surface area contributed by atoms with Crippen LogP contribution in [0.5, 0.6) is 0 Å². The third kappa shape index (κ3) is 12.6. The fraction of sp³-hybridized carbons (Fsp3) is 0.944. The first kappa shape index (κ1) is 23.1. The number of urea groups is 1. The van der Waals surface area contributed by atoms with E-state index < -0.39 is 6.03 Å². The van der Waals surface area contributed by atoms with Gasteiger partial charge >= 0.3 is 6.03 Å². The first-order valence-corrected chi connectivity index (χ1v) is 9.75. The molecule has 0 aliphatic rings. The van der Waals surface area contributed by atoms with E-state index in [0.717, 1.165) is 39.3 Å². The van der Waals surface area contributed by atoms with Crippen LogP contribution in [0.1, 0.15) is 59.3 Å². The molecule has 2 amide bonds. The largest absolute Gasteiger partial charge is 0.352 e. The van der Waals surface area contributed by atoms with E-state index in [-0.39, 0.29) is 5.41 Å². The molecule has 0 radical (unpaired) electrons. The van der Waals surface area contributed by atoms with Gasteiger partial charge in [-0.25, -0.2) is 4.79 Å². The van der Waals surface area contributed by atoms with E-state index in [0.29, 0.717) is 6.54 Å². The zero-order valence-electron chi connectivity index (χ0n) is 16.2. The number of rotatable bonds is 17. The summed E-state index contributed by atoms with van der Waals surface area (Å²) in [6, 6.07) is -0.449. The van der Waals surface area contributed by atoms with Gasteiger partial charge in [0, 0.05) is 31.6 Å². The van der Waals surface area contributed by atoms with Crippen LogP contribution < -0.4 is 27.0 Å². The Bertz CT molecular complexity index is 268. The van der Waals surface area contributed by atoms with Crippen molar-refractivity contribution in [1.82, 2.24) is 21.3 Å². The standard InChI is InChI=1S/C18H41N5O/c1-4-7-10-20-13-18(16-23-17(19)24,14-21-11-8-5-2)15-22-12-9-6-3/h20-22H,4-16H2,1-3H3,(H3,19,23,24). The van der Waals surface area contributed by atoms with Gasteiger partial charge in [-0.2, -0.15) is 0 Å². The highest BCUT2D eigenvalue weighted by atomic mass is 16.2. The fourth-order valence-corrected chi connectivity index (χ4v) is 2.62. The SMILES string of the molecule is CCCCNCC(CNCCCC)(CNCCCC)CNC(N)=O. The molecule has 0 atom stereocenters. The molecule has 0 aromatic heterocycles. The maximum absolute atomic E-state index is 11.2. The summed E-state index contributed by atoms with van der Waals surface area (Å²) in [5, 5.41) is 13.5. The lowest BCUT2D eigenvalue weighted by molar-refractivity contribution is 0.220. The molecular formula is C18H41N5O. The summed E-state index contributed by atoms with van der Waals surface area (Å²) in [6.45, 7) is 12.8. The Morgan fingerprint density at radius 2 is 1.12 bits per heavy atom. The van der Waals surface area contributed by atoms with Crippen molar-refractivity contribution in [1.29, 1.82) is 0 Å². The van der Waals surface area contributed by atoms with Gasteiger partial charge in [0.2, 0.25) is 0 Å². The molecule has 6 N–H and O–H groups in total. The Hall–Kier alpha value is -0.850. The molecule has 0 saturated heterocycles. The van der Waals surface area contributed by atoms with Gasteiger partial charge in [0.25, 0.3) is 0 Å². The maximum Gasteiger partial charge on any atom is 0.312 e. The molecule has 0 aliphatic heterocycles. The second-order valence-corrected chi connectivity index (χ2v) is 6.81. The van der Waals surface area contributed by atoms with Crippen molar-refractivity contribution in [3.8, 4) is 0 Å².